The molecule has 1 aromatic carbocycles. The van der Waals surface area contributed by atoms with E-state index in [1.165, 1.54) is 17.5 Å². The van der Waals surface area contributed by atoms with E-state index in [0.717, 1.165) is 10.6 Å². The first kappa shape index (κ1) is 21.1. The number of aromatic amines is 1. The van der Waals surface area contributed by atoms with E-state index in [1.54, 1.807) is 14.5 Å². The van der Waals surface area contributed by atoms with Crippen molar-refractivity contribution < 1.29 is 9.59 Å². The molecule has 0 bridgehead atoms. The molecule has 1 aliphatic heterocycles. The molecular weight excluding hydrogens is 440 g/mol. The van der Waals surface area contributed by atoms with E-state index < -0.39 is 0 Å². The van der Waals surface area contributed by atoms with E-state index in [0.29, 0.717) is 49.5 Å². The number of thiophene rings is 1. The Kier molecular flexibility index (Phi) is 5.74. The van der Waals surface area contributed by atoms with Crippen LogP contribution in [0.2, 0.25) is 0 Å². The highest BCUT2D eigenvalue weighted by atomic mass is 32.1. The molecule has 10 heteroatoms. The summed E-state index contributed by atoms with van der Waals surface area (Å²) in [5.41, 5.74) is 1.00. The fourth-order valence-electron chi connectivity index (χ4n) is 3.94. The molecule has 1 fully saturated rings. The Labute approximate surface area is 193 Å². The van der Waals surface area contributed by atoms with Gasteiger partial charge in [0.1, 0.15) is 11.2 Å². The molecule has 0 saturated carbocycles. The predicted octanol–water partition coefficient (Wildman–Crippen LogP) is 2.09. The number of aryl methyl sites for hydroxylation is 1. The molecule has 5 rings (SSSR count). The quantitative estimate of drug-likeness (QED) is 0.489. The molecule has 1 saturated heterocycles. The number of hydrogen-bond acceptors (Lipinski definition) is 6. The first-order valence-corrected chi connectivity index (χ1v) is 11.6. The highest BCUT2D eigenvalue weighted by molar-refractivity contribution is 7.12. The molecule has 4 heterocycles. The maximum atomic E-state index is 12.8. The Balaban J connectivity index is 1.23. The van der Waals surface area contributed by atoms with Gasteiger partial charge in [0.2, 0.25) is 5.91 Å². The zero-order valence-corrected chi connectivity index (χ0v) is 18.6. The minimum Gasteiger partial charge on any atom is -0.339 e. The van der Waals surface area contributed by atoms with Gasteiger partial charge in [0.15, 0.2) is 5.65 Å². The van der Waals surface area contributed by atoms with Crippen molar-refractivity contribution in [2.24, 2.45) is 0 Å². The third-order valence-corrected chi connectivity index (χ3v) is 6.57. The summed E-state index contributed by atoms with van der Waals surface area (Å²) in [5.74, 6) is 0.449. The first-order valence-electron chi connectivity index (χ1n) is 10.7. The van der Waals surface area contributed by atoms with Gasteiger partial charge in [-0.1, -0.05) is 24.3 Å². The number of amides is 2. The number of fused-ring (bicyclic) bond motifs is 1. The number of aromatic nitrogens is 4. The molecule has 168 valence electrons. The normalized spacial score (nSPS) is 14.1. The lowest BCUT2D eigenvalue weighted by molar-refractivity contribution is -0.132. The van der Waals surface area contributed by atoms with Crippen LogP contribution < -0.4 is 5.56 Å². The number of nitrogens with one attached hydrogen (secondary N) is 1. The Hall–Kier alpha value is -3.79. The molecule has 4 aromatic rings. The summed E-state index contributed by atoms with van der Waals surface area (Å²) in [6.45, 7) is 2.03. The van der Waals surface area contributed by atoms with Crippen molar-refractivity contribution in [3.8, 4) is 5.69 Å². The number of nitrogens with zero attached hydrogens (tertiary/aromatic N) is 5. The zero-order chi connectivity index (χ0) is 22.8. The topological polar surface area (TPSA) is 104 Å². The van der Waals surface area contributed by atoms with E-state index in [2.05, 4.69) is 15.1 Å². The molecule has 2 amide bonds. The number of H-pyrrole nitrogens is 1. The molecular formula is C23H22N6O3S. The minimum atomic E-state index is -0.273. The molecule has 1 aliphatic rings. The van der Waals surface area contributed by atoms with Gasteiger partial charge in [-0.15, -0.1) is 11.3 Å². The van der Waals surface area contributed by atoms with Crippen molar-refractivity contribution in [2.75, 3.05) is 26.2 Å². The van der Waals surface area contributed by atoms with Crippen LogP contribution in [0.15, 0.2) is 58.8 Å². The maximum Gasteiger partial charge on any atom is 0.264 e. The van der Waals surface area contributed by atoms with Crippen LogP contribution in [0.25, 0.3) is 16.7 Å². The molecule has 0 radical (unpaired) electrons. The predicted molar refractivity (Wildman–Crippen MR) is 125 cm³/mol. The van der Waals surface area contributed by atoms with Crippen LogP contribution in [0.1, 0.15) is 21.9 Å². The lowest BCUT2D eigenvalue weighted by atomic mass is 10.2. The lowest BCUT2D eigenvalue weighted by Gasteiger charge is -2.34. The fourth-order valence-corrected chi connectivity index (χ4v) is 4.63. The van der Waals surface area contributed by atoms with Gasteiger partial charge in [-0.3, -0.25) is 14.4 Å². The molecule has 0 atom stereocenters. The van der Waals surface area contributed by atoms with Gasteiger partial charge in [-0.2, -0.15) is 5.10 Å². The van der Waals surface area contributed by atoms with E-state index in [4.69, 9.17) is 0 Å². The summed E-state index contributed by atoms with van der Waals surface area (Å²) < 4.78 is 1.62. The highest BCUT2D eigenvalue weighted by Crippen LogP contribution is 2.16. The Morgan fingerprint density at radius 3 is 2.48 bits per heavy atom. The number of hydrogen-bond donors (Lipinski definition) is 1. The van der Waals surface area contributed by atoms with Crippen molar-refractivity contribution in [3.05, 3.63) is 75.1 Å². The Bertz CT molecular complexity index is 1340. The third kappa shape index (κ3) is 4.29. The van der Waals surface area contributed by atoms with Crippen LogP contribution in [0, 0.1) is 0 Å². The molecule has 3 aromatic heterocycles. The first-order chi connectivity index (χ1) is 16.1. The van der Waals surface area contributed by atoms with Gasteiger partial charge < -0.3 is 14.8 Å². The van der Waals surface area contributed by atoms with Gasteiger partial charge >= 0.3 is 0 Å². The average Bonchev–Trinajstić information content (AvgIpc) is 3.53. The van der Waals surface area contributed by atoms with E-state index in [9.17, 15) is 14.4 Å². The number of para-hydroxylation sites is 1. The zero-order valence-electron chi connectivity index (χ0n) is 17.8. The monoisotopic (exact) mass is 462 g/mol. The highest BCUT2D eigenvalue weighted by Gasteiger charge is 2.25. The maximum absolute atomic E-state index is 12.8. The van der Waals surface area contributed by atoms with Crippen molar-refractivity contribution in [3.63, 3.8) is 0 Å². The van der Waals surface area contributed by atoms with Crippen molar-refractivity contribution in [1.29, 1.82) is 0 Å². The number of piperazine rings is 1. The molecule has 0 spiro atoms. The van der Waals surface area contributed by atoms with Gasteiger partial charge in [-0.25, -0.2) is 9.67 Å². The van der Waals surface area contributed by atoms with Gasteiger partial charge in [-0.05, 0) is 23.6 Å². The smallest absolute Gasteiger partial charge is 0.264 e. The summed E-state index contributed by atoms with van der Waals surface area (Å²) in [6, 6.07) is 13.2. The number of carbonyl (C=O) groups excluding carboxylic acids is 2. The minimum absolute atomic E-state index is 0.0159. The lowest BCUT2D eigenvalue weighted by Crippen LogP contribution is -2.50. The van der Waals surface area contributed by atoms with E-state index in [1.807, 2.05) is 47.8 Å². The summed E-state index contributed by atoms with van der Waals surface area (Å²) in [5, 5.41) is 6.59. The second kappa shape index (κ2) is 8.99. The standard InChI is InChI=1S/C23H22N6O3S/c30-20(27-10-12-28(13-11-27)23(32)18-7-4-14-33-18)9-8-19-25-21-17(22(31)26-19)15-24-29(21)16-5-2-1-3-6-16/h1-7,14-15H,8-13H2,(H,25,26,31). The number of benzene rings is 1. The van der Waals surface area contributed by atoms with Crippen LogP contribution in [0.5, 0.6) is 0 Å². The average molecular weight is 463 g/mol. The summed E-state index contributed by atoms with van der Waals surface area (Å²) in [6.07, 6.45) is 2.05. The van der Waals surface area contributed by atoms with Crippen LogP contribution in [0.3, 0.4) is 0 Å². The second-order valence-electron chi connectivity index (χ2n) is 7.79. The van der Waals surface area contributed by atoms with Crippen LogP contribution in [0.4, 0.5) is 0 Å². The van der Waals surface area contributed by atoms with Crippen molar-refractivity contribution in [2.45, 2.75) is 12.8 Å². The van der Waals surface area contributed by atoms with Crippen molar-refractivity contribution >= 4 is 34.2 Å². The van der Waals surface area contributed by atoms with Gasteiger partial charge in [0, 0.05) is 39.0 Å². The third-order valence-electron chi connectivity index (χ3n) is 5.72. The van der Waals surface area contributed by atoms with E-state index >= 15 is 0 Å². The SMILES string of the molecule is O=C(CCc1nc2c(cnn2-c2ccccc2)c(=O)[nH]1)N1CCN(C(=O)c2cccs2)CC1. The van der Waals surface area contributed by atoms with Gasteiger partial charge in [0.25, 0.3) is 11.5 Å². The number of carbonyl (C=O) groups is 2. The molecule has 0 unspecified atom stereocenters. The van der Waals surface area contributed by atoms with E-state index in [-0.39, 0.29) is 23.8 Å². The molecule has 33 heavy (non-hydrogen) atoms. The van der Waals surface area contributed by atoms with Gasteiger partial charge in [0.05, 0.1) is 16.8 Å². The fraction of sp³-hybridized carbons (Fsp3) is 0.261. The van der Waals surface area contributed by atoms with Crippen LogP contribution >= 0.6 is 11.3 Å². The molecule has 1 N–H and O–H groups in total. The van der Waals surface area contributed by atoms with Crippen LogP contribution in [-0.2, 0) is 11.2 Å². The Morgan fingerprint density at radius 2 is 1.76 bits per heavy atom. The largest absolute Gasteiger partial charge is 0.339 e. The van der Waals surface area contributed by atoms with Crippen LogP contribution in [-0.4, -0.2) is 67.5 Å². The summed E-state index contributed by atoms with van der Waals surface area (Å²) in [4.78, 5) is 49.4. The molecule has 0 aliphatic carbocycles. The summed E-state index contributed by atoms with van der Waals surface area (Å²) in [7, 11) is 0. The number of rotatable bonds is 5. The molecule has 9 nitrogen and oxygen atoms in total. The second-order valence-corrected chi connectivity index (χ2v) is 8.74. The summed E-state index contributed by atoms with van der Waals surface area (Å²) >= 11 is 1.43. The Morgan fingerprint density at radius 1 is 1.00 bits per heavy atom. The van der Waals surface area contributed by atoms with Crippen molar-refractivity contribution in [1.82, 2.24) is 29.5 Å².